The fourth-order valence-electron chi connectivity index (χ4n) is 2.21. The molecule has 28 heavy (non-hydrogen) atoms. The van der Waals surface area contributed by atoms with E-state index in [0.29, 0.717) is 17.4 Å². The molecule has 0 aliphatic rings. The van der Waals surface area contributed by atoms with E-state index in [-0.39, 0.29) is 23.0 Å². The van der Waals surface area contributed by atoms with E-state index in [1.807, 2.05) is 6.07 Å². The number of amides is 1. The lowest BCUT2D eigenvalue weighted by atomic mass is 10.3. The van der Waals surface area contributed by atoms with Gasteiger partial charge in [0.2, 0.25) is 5.88 Å². The number of halogens is 1. The number of aromatic nitrogens is 1. The second-order valence-electron chi connectivity index (χ2n) is 5.50. The van der Waals surface area contributed by atoms with Gasteiger partial charge in [-0.15, -0.1) is 0 Å². The van der Waals surface area contributed by atoms with E-state index in [1.54, 1.807) is 42.6 Å². The number of hydrogen-bond acceptors (Lipinski definition) is 6. The zero-order chi connectivity index (χ0) is 19.9. The minimum Gasteiger partial charge on any atom is -0.484 e. The van der Waals surface area contributed by atoms with Crippen LogP contribution in [0.2, 0.25) is 5.02 Å². The Balaban J connectivity index is 1.53. The largest absolute Gasteiger partial charge is 0.484 e. The van der Waals surface area contributed by atoms with Gasteiger partial charge in [-0.3, -0.25) is 14.9 Å². The van der Waals surface area contributed by atoms with Gasteiger partial charge in [0, 0.05) is 24.0 Å². The zero-order valence-electron chi connectivity index (χ0n) is 14.4. The summed E-state index contributed by atoms with van der Waals surface area (Å²) in [7, 11) is 0. The number of carbonyl (C=O) groups excluding carboxylic acids is 1. The molecule has 1 N–H and O–H groups in total. The number of nitrogens with zero attached hydrogens (tertiary/aromatic N) is 2. The van der Waals surface area contributed by atoms with E-state index in [4.69, 9.17) is 21.1 Å². The topological polar surface area (TPSA) is 104 Å². The molecular formula is C19H14ClN3O5. The molecule has 0 spiro atoms. The fraction of sp³-hybridized carbons (Fsp3) is 0.0526. The van der Waals surface area contributed by atoms with Crippen molar-refractivity contribution < 1.29 is 19.2 Å². The van der Waals surface area contributed by atoms with Gasteiger partial charge >= 0.3 is 0 Å². The van der Waals surface area contributed by atoms with Crippen molar-refractivity contribution in [3.8, 4) is 17.4 Å². The SMILES string of the molecule is O=C(COc1ccc(Oc2ccccn2)cc1)Nc1ccc(Cl)c([N+](=O)[O-])c1. The molecule has 0 saturated heterocycles. The van der Waals surface area contributed by atoms with Crippen molar-refractivity contribution in [1.29, 1.82) is 0 Å². The standard InChI is InChI=1S/C19H14ClN3O5/c20-16-9-4-13(11-17(16)23(25)26)22-18(24)12-27-14-5-7-15(8-6-14)28-19-3-1-2-10-21-19/h1-11H,12H2,(H,22,24). The molecule has 0 aliphatic carbocycles. The number of pyridine rings is 1. The number of hydrogen-bond donors (Lipinski definition) is 1. The highest BCUT2D eigenvalue weighted by molar-refractivity contribution is 6.32. The second kappa shape index (κ2) is 8.83. The lowest BCUT2D eigenvalue weighted by Gasteiger charge is -2.09. The van der Waals surface area contributed by atoms with E-state index in [2.05, 4.69) is 10.3 Å². The first-order chi connectivity index (χ1) is 13.5. The Morgan fingerprint density at radius 3 is 2.54 bits per heavy atom. The minimum atomic E-state index is -0.622. The van der Waals surface area contributed by atoms with E-state index < -0.39 is 10.8 Å². The molecule has 0 fully saturated rings. The number of rotatable bonds is 7. The molecule has 0 unspecified atom stereocenters. The Bertz CT molecular complexity index is 981. The van der Waals surface area contributed by atoms with E-state index >= 15 is 0 Å². The minimum absolute atomic E-state index is 0.00717. The summed E-state index contributed by atoms with van der Waals surface area (Å²) < 4.78 is 11.0. The number of nitrogens with one attached hydrogen (secondary N) is 1. The van der Waals surface area contributed by atoms with Crippen LogP contribution in [-0.4, -0.2) is 22.4 Å². The predicted molar refractivity (Wildman–Crippen MR) is 103 cm³/mol. The van der Waals surface area contributed by atoms with Gasteiger partial charge in [0.1, 0.15) is 16.5 Å². The Morgan fingerprint density at radius 1 is 1.11 bits per heavy atom. The van der Waals surface area contributed by atoms with Gasteiger partial charge in [0.05, 0.1) is 4.92 Å². The number of nitro groups is 1. The summed E-state index contributed by atoms with van der Waals surface area (Å²) in [5.74, 6) is 1.03. The van der Waals surface area contributed by atoms with Gasteiger partial charge in [-0.25, -0.2) is 4.98 Å². The molecule has 1 heterocycles. The first kappa shape index (κ1) is 19.1. The lowest BCUT2D eigenvalue weighted by molar-refractivity contribution is -0.384. The molecule has 0 aliphatic heterocycles. The first-order valence-corrected chi connectivity index (χ1v) is 8.44. The predicted octanol–water partition coefficient (Wildman–Crippen LogP) is 4.45. The molecule has 1 aromatic heterocycles. The van der Waals surface area contributed by atoms with Gasteiger partial charge in [-0.2, -0.15) is 0 Å². The number of anilines is 1. The monoisotopic (exact) mass is 399 g/mol. The van der Waals surface area contributed by atoms with Crippen molar-refractivity contribution in [2.45, 2.75) is 0 Å². The van der Waals surface area contributed by atoms with E-state index in [0.717, 1.165) is 0 Å². The molecule has 1 amide bonds. The van der Waals surface area contributed by atoms with Crippen LogP contribution >= 0.6 is 11.6 Å². The summed E-state index contributed by atoms with van der Waals surface area (Å²) in [6.45, 7) is -0.267. The normalized spacial score (nSPS) is 10.2. The van der Waals surface area contributed by atoms with E-state index in [9.17, 15) is 14.9 Å². The third-order valence-corrected chi connectivity index (χ3v) is 3.80. The number of carbonyl (C=O) groups is 1. The Morgan fingerprint density at radius 2 is 1.86 bits per heavy atom. The molecule has 3 aromatic rings. The Labute approximate surface area is 164 Å². The van der Waals surface area contributed by atoms with Gasteiger partial charge in [0.15, 0.2) is 6.61 Å². The molecule has 0 bridgehead atoms. The van der Waals surface area contributed by atoms with Crippen LogP contribution in [-0.2, 0) is 4.79 Å². The molecule has 8 nitrogen and oxygen atoms in total. The third-order valence-electron chi connectivity index (χ3n) is 3.48. The molecule has 0 radical (unpaired) electrons. The lowest BCUT2D eigenvalue weighted by Crippen LogP contribution is -2.20. The summed E-state index contributed by atoms with van der Waals surface area (Å²) in [4.78, 5) is 26.3. The molecule has 9 heteroatoms. The average molecular weight is 400 g/mol. The van der Waals surface area contributed by atoms with Gasteiger partial charge < -0.3 is 14.8 Å². The van der Waals surface area contributed by atoms with Crippen LogP contribution in [0.15, 0.2) is 66.9 Å². The van der Waals surface area contributed by atoms with Gasteiger partial charge in [-0.05, 0) is 42.5 Å². The quantitative estimate of drug-likeness (QED) is 0.465. The zero-order valence-corrected chi connectivity index (χ0v) is 15.1. The highest BCUT2D eigenvalue weighted by Crippen LogP contribution is 2.27. The van der Waals surface area contributed by atoms with Crippen LogP contribution in [0.25, 0.3) is 0 Å². The van der Waals surface area contributed by atoms with Crippen LogP contribution in [0.1, 0.15) is 0 Å². The van der Waals surface area contributed by atoms with Crippen molar-refractivity contribution in [1.82, 2.24) is 4.98 Å². The fourth-order valence-corrected chi connectivity index (χ4v) is 2.39. The Kier molecular flexibility index (Phi) is 6.03. The maximum atomic E-state index is 12.0. The Hall–Kier alpha value is -3.65. The van der Waals surface area contributed by atoms with Crippen LogP contribution in [0, 0.1) is 10.1 Å². The average Bonchev–Trinajstić information content (AvgIpc) is 2.69. The van der Waals surface area contributed by atoms with E-state index in [1.165, 1.54) is 18.2 Å². The molecule has 0 atom stereocenters. The van der Waals surface area contributed by atoms with Crippen LogP contribution in [0.4, 0.5) is 11.4 Å². The first-order valence-electron chi connectivity index (χ1n) is 8.07. The summed E-state index contributed by atoms with van der Waals surface area (Å²) >= 11 is 5.74. The van der Waals surface area contributed by atoms with Gasteiger partial charge in [0.25, 0.3) is 11.6 Å². The van der Waals surface area contributed by atoms with Crippen LogP contribution in [0.3, 0.4) is 0 Å². The maximum absolute atomic E-state index is 12.0. The third kappa shape index (κ3) is 5.18. The maximum Gasteiger partial charge on any atom is 0.289 e. The molecule has 142 valence electrons. The number of nitro benzene ring substituents is 1. The van der Waals surface area contributed by atoms with Crippen molar-refractivity contribution in [2.75, 3.05) is 11.9 Å². The van der Waals surface area contributed by atoms with Crippen molar-refractivity contribution >= 4 is 28.9 Å². The molecular weight excluding hydrogens is 386 g/mol. The summed E-state index contributed by atoms with van der Waals surface area (Å²) in [5, 5.41) is 13.4. The van der Waals surface area contributed by atoms with Crippen molar-refractivity contribution in [3.63, 3.8) is 0 Å². The summed E-state index contributed by atoms with van der Waals surface area (Å²) in [5.41, 5.74) is -0.0345. The highest BCUT2D eigenvalue weighted by atomic mass is 35.5. The van der Waals surface area contributed by atoms with Crippen molar-refractivity contribution in [2.24, 2.45) is 0 Å². The molecule has 2 aromatic carbocycles. The summed E-state index contributed by atoms with van der Waals surface area (Å²) in [6, 6.07) is 16.0. The smallest absolute Gasteiger partial charge is 0.289 e. The highest BCUT2D eigenvalue weighted by Gasteiger charge is 2.14. The number of ether oxygens (including phenoxy) is 2. The molecule has 0 saturated carbocycles. The van der Waals surface area contributed by atoms with Crippen molar-refractivity contribution in [3.05, 3.63) is 82.0 Å². The summed E-state index contributed by atoms with van der Waals surface area (Å²) in [6.07, 6.45) is 1.63. The van der Waals surface area contributed by atoms with Gasteiger partial charge in [-0.1, -0.05) is 17.7 Å². The molecule has 3 rings (SSSR count). The number of benzene rings is 2. The van der Waals surface area contributed by atoms with Crippen LogP contribution in [0.5, 0.6) is 17.4 Å². The second-order valence-corrected chi connectivity index (χ2v) is 5.91. The van der Waals surface area contributed by atoms with Crippen LogP contribution < -0.4 is 14.8 Å².